The van der Waals surface area contributed by atoms with E-state index in [0.29, 0.717) is 26.1 Å². The van der Waals surface area contributed by atoms with Gasteiger partial charge < -0.3 is 19.9 Å². The number of carbonyl (C=O) groups is 2. The molecule has 0 radical (unpaired) electrons. The summed E-state index contributed by atoms with van der Waals surface area (Å²) in [6, 6.07) is 0. The highest BCUT2D eigenvalue weighted by Gasteiger charge is 2.38. The van der Waals surface area contributed by atoms with Crippen molar-refractivity contribution in [3.8, 4) is 0 Å². The standard InChI is InChI=1S/C13H21NO5/c15-11(7-10-3-1-2-5-19-10)14-13(8-12(16)17)4-6-18-9-13/h10H,1-9H2,(H,14,15)(H,16,17). The van der Waals surface area contributed by atoms with Crippen molar-refractivity contribution >= 4 is 11.9 Å². The van der Waals surface area contributed by atoms with Gasteiger partial charge in [0, 0.05) is 13.2 Å². The third kappa shape index (κ3) is 4.18. The van der Waals surface area contributed by atoms with Crippen LogP contribution < -0.4 is 5.32 Å². The van der Waals surface area contributed by atoms with Gasteiger partial charge in [0.1, 0.15) is 0 Å². The molecule has 2 aliphatic rings. The number of hydrogen-bond donors (Lipinski definition) is 2. The average Bonchev–Trinajstić information content (AvgIpc) is 2.77. The van der Waals surface area contributed by atoms with Crippen LogP contribution in [0.5, 0.6) is 0 Å². The van der Waals surface area contributed by atoms with Gasteiger partial charge >= 0.3 is 5.97 Å². The second-order valence-corrected chi connectivity index (χ2v) is 5.39. The summed E-state index contributed by atoms with van der Waals surface area (Å²) in [4.78, 5) is 22.9. The van der Waals surface area contributed by atoms with Gasteiger partial charge in [0.2, 0.25) is 5.91 Å². The first-order valence-corrected chi connectivity index (χ1v) is 6.82. The molecule has 2 aliphatic heterocycles. The van der Waals surface area contributed by atoms with E-state index in [4.69, 9.17) is 14.6 Å². The molecule has 0 bridgehead atoms. The molecule has 6 nitrogen and oxygen atoms in total. The first kappa shape index (κ1) is 14.3. The molecule has 0 aliphatic carbocycles. The van der Waals surface area contributed by atoms with Crippen LogP contribution in [0, 0.1) is 0 Å². The normalized spacial score (nSPS) is 31.1. The minimum absolute atomic E-state index is 0.0297. The van der Waals surface area contributed by atoms with Crippen molar-refractivity contribution in [2.75, 3.05) is 19.8 Å². The van der Waals surface area contributed by atoms with Crippen LogP contribution in [0.4, 0.5) is 0 Å². The fourth-order valence-electron chi connectivity index (χ4n) is 2.70. The maximum absolute atomic E-state index is 12.0. The minimum Gasteiger partial charge on any atom is -0.481 e. The van der Waals surface area contributed by atoms with Crippen LogP contribution in [0.25, 0.3) is 0 Å². The molecule has 2 heterocycles. The highest BCUT2D eigenvalue weighted by Crippen LogP contribution is 2.23. The Bertz CT molecular complexity index is 332. The molecule has 2 unspecified atom stereocenters. The summed E-state index contributed by atoms with van der Waals surface area (Å²) in [5, 5.41) is 11.8. The number of rotatable bonds is 5. The zero-order valence-corrected chi connectivity index (χ0v) is 11.0. The van der Waals surface area contributed by atoms with Gasteiger partial charge in [-0.2, -0.15) is 0 Å². The van der Waals surface area contributed by atoms with Crippen LogP contribution in [0.15, 0.2) is 0 Å². The third-order valence-electron chi connectivity index (χ3n) is 3.68. The summed E-state index contributed by atoms with van der Waals surface area (Å²) < 4.78 is 10.8. The molecule has 2 N–H and O–H groups in total. The molecule has 0 aromatic heterocycles. The van der Waals surface area contributed by atoms with Gasteiger partial charge in [0.15, 0.2) is 0 Å². The van der Waals surface area contributed by atoms with Crippen LogP contribution in [-0.2, 0) is 19.1 Å². The van der Waals surface area contributed by atoms with E-state index < -0.39 is 11.5 Å². The summed E-state index contributed by atoms with van der Waals surface area (Å²) in [5.74, 6) is -1.06. The van der Waals surface area contributed by atoms with Crippen LogP contribution in [0.2, 0.25) is 0 Å². The van der Waals surface area contributed by atoms with E-state index >= 15 is 0 Å². The molecule has 1 amide bonds. The van der Waals surface area contributed by atoms with Gasteiger partial charge in [0.25, 0.3) is 0 Å². The second kappa shape index (κ2) is 6.34. The van der Waals surface area contributed by atoms with Crippen molar-refractivity contribution in [3.63, 3.8) is 0 Å². The van der Waals surface area contributed by atoms with Gasteiger partial charge in [-0.15, -0.1) is 0 Å². The van der Waals surface area contributed by atoms with E-state index in [-0.39, 0.29) is 25.0 Å². The first-order chi connectivity index (χ1) is 9.10. The highest BCUT2D eigenvalue weighted by atomic mass is 16.5. The van der Waals surface area contributed by atoms with Gasteiger partial charge in [-0.1, -0.05) is 0 Å². The van der Waals surface area contributed by atoms with E-state index in [2.05, 4.69) is 5.32 Å². The summed E-state index contributed by atoms with van der Waals surface area (Å²) in [6.07, 6.45) is 3.77. The average molecular weight is 271 g/mol. The van der Waals surface area contributed by atoms with Crippen molar-refractivity contribution in [1.29, 1.82) is 0 Å². The molecule has 0 saturated carbocycles. The SMILES string of the molecule is O=C(O)CC1(NC(=O)CC2CCCCO2)CCOC1. The highest BCUT2D eigenvalue weighted by molar-refractivity contribution is 5.79. The molecule has 0 aromatic rings. The Hall–Kier alpha value is -1.14. The van der Waals surface area contributed by atoms with Gasteiger partial charge in [-0.3, -0.25) is 9.59 Å². The van der Waals surface area contributed by atoms with Gasteiger partial charge in [-0.25, -0.2) is 0 Å². The van der Waals surface area contributed by atoms with Crippen LogP contribution in [-0.4, -0.2) is 48.4 Å². The molecule has 0 aromatic carbocycles. The van der Waals surface area contributed by atoms with Crippen molar-refractivity contribution in [3.05, 3.63) is 0 Å². The number of nitrogens with one attached hydrogen (secondary N) is 1. The smallest absolute Gasteiger partial charge is 0.305 e. The molecule has 2 rings (SSSR count). The molecule has 0 spiro atoms. The lowest BCUT2D eigenvalue weighted by Gasteiger charge is -2.29. The number of carbonyl (C=O) groups excluding carboxylic acids is 1. The van der Waals surface area contributed by atoms with Crippen LogP contribution in [0.1, 0.15) is 38.5 Å². The lowest BCUT2D eigenvalue weighted by atomic mass is 9.93. The number of hydrogen-bond acceptors (Lipinski definition) is 4. The number of carboxylic acids is 1. The summed E-state index contributed by atoms with van der Waals surface area (Å²) >= 11 is 0. The lowest BCUT2D eigenvalue weighted by molar-refractivity contribution is -0.139. The van der Waals surface area contributed by atoms with Crippen molar-refractivity contribution in [1.82, 2.24) is 5.32 Å². The molecule has 2 saturated heterocycles. The summed E-state index contributed by atoms with van der Waals surface area (Å²) in [5.41, 5.74) is -0.739. The summed E-state index contributed by atoms with van der Waals surface area (Å²) in [7, 11) is 0. The maximum atomic E-state index is 12.0. The van der Waals surface area contributed by atoms with Crippen LogP contribution in [0.3, 0.4) is 0 Å². The maximum Gasteiger partial charge on any atom is 0.305 e. The van der Waals surface area contributed by atoms with Crippen LogP contribution >= 0.6 is 0 Å². The molecule has 6 heteroatoms. The van der Waals surface area contributed by atoms with E-state index in [1.165, 1.54) is 0 Å². The Morgan fingerprint density at radius 2 is 2.16 bits per heavy atom. The topological polar surface area (TPSA) is 84.9 Å². The Balaban J connectivity index is 1.86. The number of amides is 1. The lowest BCUT2D eigenvalue weighted by Crippen LogP contribution is -2.51. The Morgan fingerprint density at radius 3 is 2.74 bits per heavy atom. The van der Waals surface area contributed by atoms with Crippen molar-refractivity contribution < 1.29 is 24.2 Å². The fraction of sp³-hybridized carbons (Fsp3) is 0.846. The Morgan fingerprint density at radius 1 is 1.32 bits per heavy atom. The summed E-state index contributed by atoms with van der Waals surface area (Å²) in [6.45, 7) is 1.48. The molecular formula is C13H21NO5. The van der Waals surface area contributed by atoms with E-state index in [0.717, 1.165) is 19.3 Å². The molecular weight excluding hydrogens is 250 g/mol. The van der Waals surface area contributed by atoms with Gasteiger partial charge in [-0.05, 0) is 25.7 Å². The predicted molar refractivity (Wildman–Crippen MR) is 66.8 cm³/mol. The predicted octanol–water partition coefficient (Wildman–Crippen LogP) is 0.696. The monoisotopic (exact) mass is 271 g/mol. The van der Waals surface area contributed by atoms with Gasteiger partial charge in [0.05, 0.1) is 31.1 Å². The number of carboxylic acid groups (broad SMARTS) is 1. The third-order valence-corrected chi connectivity index (χ3v) is 3.68. The zero-order valence-electron chi connectivity index (χ0n) is 11.0. The van der Waals surface area contributed by atoms with Crippen molar-refractivity contribution in [2.45, 2.75) is 50.2 Å². The van der Waals surface area contributed by atoms with E-state index in [1.807, 2.05) is 0 Å². The molecule has 2 atom stereocenters. The minimum atomic E-state index is -0.917. The zero-order chi connectivity index (χ0) is 13.7. The molecule has 19 heavy (non-hydrogen) atoms. The quantitative estimate of drug-likeness (QED) is 0.768. The largest absolute Gasteiger partial charge is 0.481 e. The van der Waals surface area contributed by atoms with E-state index in [1.54, 1.807) is 0 Å². The molecule has 2 fully saturated rings. The first-order valence-electron chi connectivity index (χ1n) is 6.82. The Labute approximate surface area is 112 Å². The number of ether oxygens (including phenoxy) is 2. The fourth-order valence-corrected chi connectivity index (χ4v) is 2.70. The van der Waals surface area contributed by atoms with E-state index in [9.17, 15) is 9.59 Å². The number of aliphatic carboxylic acids is 1. The molecule has 108 valence electrons. The second-order valence-electron chi connectivity index (χ2n) is 5.39. The van der Waals surface area contributed by atoms with Crippen molar-refractivity contribution in [2.24, 2.45) is 0 Å². The Kier molecular flexibility index (Phi) is 4.76.